The van der Waals surface area contributed by atoms with Crippen LogP contribution in [-0.2, 0) is 23.1 Å². The number of ketones is 1. The highest BCUT2D eigenvalue weighted by atomic mass is 35.5. The molecule has 5 nitrogen and oxygen atoms in total. The smallest absolute Gasteiger partial charge is 0.216 e. The van der Waals surface area contributed by atoms with Crippen LogP contribution < -0.4 is 0 Å². The van der Waals surface area contributed by atoms with Gasteiger partial charge in [-0.25, -0.2) is 0 Å². The lowest BCUT2D eigenvalue weighted by Gasteiger charge is -2.06. The van der Waals surface area contributed by atoms with Gasteiger partial charge in [0.25, 0.3) is 0 Å². The van der Waals surface area contributed by atoms with Crippen molar-refractivity contribution in [2.24, 2.45) is 7.05 Å². The zero-order valence-corrected chi connectivity index (χ0v) is 12.8. The molecule has 6 heteroatoms. The van der Waals surface area contributed by atoms with E-state index in [1.807, 2.05) is 6.20 Å². The van der Waals surface area contributed by atoms with Gasteiger partial charge in [-0.1, -0.05) is 11.6 Å². The number of rotatable bonds is 7. The van der Waals surface area contributed by atoms with Gasteiger partial charge in [-0.15, -0.1) is 0 Å². The lowest BCUT2D eigenvalue weighted by molar-refractivity contribution is -0.129. The highest BCUT2D eigenvalue weighted by Crippen LogP contribution is 2.16. The van der Waals surface area contributed by atoms with Crippen LogP contribution in [0.1, 0.15) is 21.6 Å². The van der Waals surface area contributed by atoms with Crippen LogP contribution in [0.4, 0.5) is 0 Å². The Morgan fingerprint density at radius 1 is 1.23 bits per heavy atom. The van der Waals surface area contributed by atoms with Gasteiger partial charge in [0.05, 0.1) is 5.69 Å². The summed E-state index contributed by atoms with van der Waals surface area (Å²) >= 11 is 5.82. The third kappa shape index (κ3) is 3.62. The average Bonchev–Trinajstić information content (AvgIpc) is 2.89. The number of imide groups is 1. The van der Waals surface area contributed by atoms with E-state index >= 15 is 0 Å². The van der Waals surface area contributed by atoms with Crippen molar-refractivity contribution in [3.8, 4) is 0 Å². The van der Waals surface area contributed by atoms with Gasteiger partial charge >= 0.3 is 0 Å². The predicted octanol–water partition coefficient (Wildman–Crippen LogP) is 2.07. The Morgan fingerprint density at radius 3 is 2.45 bits per heavy atom. The fourth-order valence-corrected chi connectivity index (χ4v) is 2.26. The van der Waals surface area contributed by atoms with Crippen molar-refractivity contribution in [3.63, 3.8) is 0 Å². The molecule has 0 saturated carbocycles. The van der Waals surface area contributed by atoms with Crippen LogP contribution >= 0.6 is 11.6 Å². The van der Waals surface area contributed by atoms with Crippen LogP contribution in [0, 0.1) is 0 Å². The van der Waals surface area contributed by atoms with Crippen LogP contribution in [0.25, 0.3) is 0 Å². The topological polar surface area (TPSA) is 59.4 Å². The SMILES string of the molecule is Cn1cc(CCN(C=O)C=O)cc1C(=O)c1ccc(Cl)cc1. The fraction of sp³-hybridized carbons (Fsp3) is 0.188. The second-order valence-electron chi connectivity index (χ2n) is 4.88. The number of aryl methyl sites for hydroxylation is 1. The summed E-state index contributed by atoms with van der Waals surface area (Å²) in [6.07, 6.45) is 3.28. The van der Waals surface area contributed by atoms with Crippen LogP contribution in [0.15, 0.2) is 36.5 Å². The summed E-state index contributed by atoms with van der Waals surface area (Å²) in [6.45, 7) is 0.283. The first-order valence-electron chi connectivity index (χ1n) is 6.67. The van der Waals surface area contributed by atoms with Gasteiger partial charge in [-0.2, -0.15) is 0 Å². The number of hydrogen-bond donors (Lipinski definition) is 0. The van der Waals surface area contributed by atoms with Crippen LogP contribution in [0.5, 0.6) is 0 Å². The Kier molecular flexibility index (Phi) is 5.12. The zero-order valence-electron chi connectivity index (χ0n) is 12.0. The summed E-state index contributed by atoms with van der Waals surface area (Å²) in [7, 11) is 1.78. The summed E-state index contributed by atoms with van der Waals surface area (Å²) in [5.74, 6) is -0.104. The molecule has 0 radical (unpaired) electrons. The maximum absolute atomic E-state index is 12.5. The van der Waals surface area contributed by atoms with Crippen molar-refractivity contribution in [2.45, 2.75) is 6.42 Å². The van der Waals surface area contributed by atoms with Gasteiger partial charge in [0, 0.05) is 30.4 Å². The average molecular weight is 319 g/mol. The second kappa shape index (κ2) is 7.04. The minimum Gasteiger partial charge on any atom is -0.348 e. The predicted molar refractivity (Wildman–Crippen MR) is 82.8 cm³/mol. The van der Waals surface area contributed by atoms with E-state index in [-0.39, 0.29) is 12.3 Å². The van der Waals surface area contributed by atoms with Crippen LogP contribution in [-0.4, -0.2) is 34.6 Å². The Bertz CT molecular complexity index is 684. The number of nitrogens with zero attached hydrogens (tertiary/aromatic N) is 2. The number of amides is 2. The molecule has 0 fully saturated rings. The normalized spacial score (nSPS) is 10.3. The number of hydrogen-bond acceptors (Lipinski definition) is 3. The molecule has 0 spiro atoms. The first-order chi connectivity index (χ1) is 10.5. The number of halogens is 1. The highest BCUT2D eigenvalue weighted by molar-refractivity contribution is 6.30. The zero-order chi connectivity index (χ0) is 16.1. The minimum absolute atomic E-state index is 0.104. The summed E-state index contributed by atoms with van der Waals surface area (Å²) < 4.78 is 1.73. The van der Waals surface area contributed by atoms with E-state index in [9.17, 15) is 14.4 Å². The van der Waals surface area contributed by atoms with Gasteiger partial charge in [-0.05, 0) is 42.3 Å². The van der Waals surface area contributed by atoms with E-state index < -0.39 is 0 Å². The molecule has 2 rings (SSSR count). The Balaban J connectivity index is 2.15. The van der Waals surface area contributed by atoms with E-state index in [2.05, 4.69) is 0 Å². The molecule has 22 heavy (non-hydrogen) atoms. The molecule has 0 atom stereocenters. The van der Waals surface area contributed by atoms with Gasteiger partial charge in [-0.3, -0.25) is 19.3 Å². The van der Waals surface area contributed by atoms with Crippen molar-refractivity contribution in [2.75, 3.05) is 6.54 Å². The number of carbonyl (C=O) groups is 3. The molecule has 2 amide bonds. The number of benzene rings is 1. The lowest BCUT2D eigenvalue weighted by atomic mass is 10.1. The minimum atomic E-state index is -0.104. The molecule has 0 aliphatic heterocycles. The summed E-state index contributed by atoms with van der Waals surface area (Å²) in [4.78, 5) is 34.6. The van der Waals surface area contributed by atoms with E-state index in [0.717, 1.165) is 10.5 Å². The first kappa shape index (κ1) is 16.0. The van der Waals surface area contributed by atoms with Crippen LogP contribution in [0.2, 0.25) is 5.02 Å². The summed E-state index contributed by atoms with van der Waals surface area (Å²) in [5, 5.41) is 0.576. The van der Waals surface area contributed by atoms with Crippen molar-refractivity contribution in [1.29, 1.82) is 0 Å². The van der Waals surface area contributed by atoms with Crippen molar-refractivity contribution >= 4 is 30.2 Å². The molecular weight excluding hydrogens is 304 g/mol. The van der Waals surface area contributed by atoms with E-state index in [4.69, 9.17) is 11.6 Å². The second-order valence-corrected chi connectivity index (χ2v) is 5.32. The molecule has 0 saturated heterocycles. The molecule has 1 heterocycles. The highest BCUT2D eigenvalue weighted by Gasteiger charge is 2.14. The van der Waals surface area contributed by atoms with Crippen molar-refractivity contribution < 1.29 is 14.4 Å². The van der Waals surface area contributed by atoms with Gasteiger partial charge in [0.2, 0.25) is 18.6 Å². The summed E-state index contributed by atoms with van der Waals surface area (Å²) in [6, 6.07) is 8.47. The third-order valence-electron chi connectivity index (χ3n) is 3.33. The fourth-order valence-electron chi connectivity index (χ4n) is 2.13. The maximum atomic E-state index is 12.5. The largest absolute Gasteiger partial charge is 0.348 e. The van der Waals surface area contributed by atoms with Gasteiger partial charge in [0.15, 0.2) is 0 Å². The van der Waals surface area contributed by atoms with Crippen molar-refractivity contribution in [3.05, 3.63) is 58.4 Å². The molecule has 2 aromatic rings. The monoisotopic (exact) mass is 318 g/mol. The lowest BCUT2D eigenvalue weighted by Crippen LogP contribution is -2.22. The molecule has 114 valence electrons. The molecular formula is C16H15ClN2O3. The van der Waals surface area contributed by atoms with Crippen molar-refractivity contribution in [1.82, 2.24) is 9.47 Å². The first-order valence-corrected chi connectivity index (χ1v) is 7.05. The molecule has 0 aliphatic carbocycles. The Labute approximate surface area is 133 Å². The number of aromatic nitrogens is 1. The molecule has 0 aliphatic rings. The molecule has 0 bridgehead atoms. The van der Waals surface area contributed by atoms with E-state index in [1.54, 1.807) is 41.9 Å². The Hall–Kier alpha value is -2.40. The van der Waals surface area contributed by atoms with Gasteiger partial charge < -0.3 is 4.57 Å². The maximum Gasteiger partial charge on any atom is 0.216 e. The third-order valence-corrected chi connectivity index (χ3v) is 3.58. The standard InChI is InChI=1S/C16H15ClN2O3/c1-18-9-12(6-7-19(10-20)11-21)8-15(18)16(22)13-2-4-14(17)5-3-13/h2-5,8-11H,6-7H2,1H3. The van der Waals surface area contributed by atoms with E-state index in [1.165, 1.54) is 0 Å². The molecule has 0 N–H and O–H groups in total. The number of carbonyl (C=O) groups excluding carboxylic acids is 3. The molecule has 0 unspecified atom stereocenters. The molecule has 1 aromatic carbocycles. The molecule has 1 aromatic heterocycles. The summed E-state index contributed by atoms with van der Waals surface area (Å²) in [5.41, 5.74) is 1.98. The quantitative estimate of drug-likeness (QED) is 0.580. The van der Waals surface area contributed by atoms with Gasteiger partial charge in [0.1, 0.15) is 0 Å². The Morgan fingerprint density at radius 2 is 1.86 bits per heavy atom. The van der Waals surface area contributed by atoms with Crippen LogP contribution in [0.3, 0.4) is 0 Å². The van der Waals surface area contributed by atoms with E-state index in [0.29, 0.717) is 35.5 Å².